The van der Waals surface area contributed by atoms with Gasteiger partial charge in [0.1, 0.15) is 6.33 Å². The average molecular weight is 386 g/mol. The molecule has 4 rings (SSSR count). The summed E-state index contributed by atoms with van der Waals surface area (Å²) in [5, 5.41) is 3.15. The number of amides is 1. The fourth-order valence-corrected chi connectivity index (χ4v) is 3.92. The summed E-state index contributed by atoms with van der Waals surface area (Å²) in [5.74, 6) is -0.0428. The van der Waals surface area contributed by atoms with Crippen LogP contribution in [0.25, 0.3) is 11.1 Å². The van der Waals surface area contributed by atoms with Gasteiger partial charge in [0.25, 0.3) is 5.91 Å². The predicted molar refractivity (Wildman–Crippen MR) is 114 cm³/mol. The molecule has 1 amide bonds. The van der Waals surface area contributed by atoms with Crippen molar-refractivity contribution in [3.63, 3.8) is 0 Å². The highest BCUT2D eigenvalue weighted by molar-refractivity contribution is 5.94. The second kappa shape index (κ2) is 9.43. The lowest BCUT2D eigenvalue weighted by Gasteiger charge is -2.35. The van der Waals surface area contributed by atoms with E-state index in [0.29, 0.717) is 12.1 Å². The van der Waals surface area contributed by atoms with E-state index in [4.69, 9.17) is 0 Å². The molecule has 1 aromatic heterocycles. The van der Waals surface area contributed by atoms with E-state index in [2.05, 4.69) is 44.5 Å². The minimum atomic E-state index is -0.0428. The van der Waals surface area contributed by atoms with E-state index in [9.17, 15) is 4.79 Å². The molecular formula is C24H26N4O. The number of carbonyl (C=O) groups is 1. The zero-order chi connectivity index (χ0) is 19.9. The molecule has 2 heterocycles. The maximum atomic E-state index is 12.8. The number of likely N-dealkylation sites (tertiary alicyclic amines) is 1. The van der Waals surface area contributed by atoms with E-state index in [-0.39, 0.29) is 11.9 Å². The zero-order valence-electron chi connectivity index (χ0n) is 16.5. The number of carbonyl (C=O) groups excluding carboxylic acids is 1. The summed E-state index contributed by atoms with van der Waals surface area (Å²) in [5.41, 5.74) is 3.86. The third-order valence-corrected chi connectivity index (χ3v) is 5.51. The Kier molecular flexibility index (Phi) is 6.27. The maximum absolute atomic E-state index is 12.8. The minimum Gasteiger partial charge on any atom is -0.350 e. The number of aromatic nitrogens is 2. The fraction of sp³-hybridized carbons (Fsp3) is 0.292. The van der Waals surface area contributed by atoms with Gasteiger partial charge in [0, 0.05) is 30.1 Å². The largest absolute Gasteiger partial charge is 0.350 e. The van der Waals surface area contributed by atoms with Crippen molar-refractivity contribution in [3.05, 3.63) is 84.4 Å². The third kappa shape index (κ3) is 4.87. The normalized spacial score (nSPS) is 15.6. The van der Waals surface area contributed by atoms with Crippen LogP contribution in [0.15, 0.2) is 73.3 Å². The van der Waals surface area contributed by atoms with Gasteiger partial charge >= 0.3 is 0 Å². The molecule has 3 aromatic rings. The summed E-state index contributed by atoms with van der Waals surface area (Å²) in [7, 11) is 0. The van der Waals surface area contributed by atoms with Crippen LogP contribution in [0.3, 0.4) is 0 Å². The molecule has 1 fully saturated rings. The highest BCUT2D eigenvalue weighted by Gasteiger charge is 2.22. The van der Waals surface area contributed by atoms with E-state index < -0.39 is 0 Å². The van der Waals surface area contributed by atoms with E-state index in [1.807, 2.05) is 30.3 Å². The molecular weight excluding hydrogens is 360 g/mol. The molecule has 5 nitrogen and oxygen atoms in total. The van der Waals surface area contributed by atoms with Crippen LogP contribution in [0.5, 0.6) is 0 Å². The Hall–Kier alpha value is -3.05. The molecule has 0 aliphatic carbocycles. The van der Waals surface area contributed by atoms with Crippen LogP contribution in [0, 0.1) is 0 Å². The summed E-state index contributed by atoms with van der Waals surface area (Å²) >= 11 is 0. The summed E-state index contributed by atoms with van der Waals surface area (Å²) < 4.78 is 0. The maximum Gasteiger partial charge on any atom is 0.251 e. The number of hydrogen-bond donors (Lipinski definition) is 1. The van der Waals surface area contributed by atoms with Crippen LogP contribution in [-0.2, 0) is 0 Å². The molecule has 2 aromatic carbocycles. The van der Waals surface area contributed by atoms with Gasteiger partial charge < -0.3 is 5.32 Å². The smallest absolute Gasteiger partial charge is 0.251 e. The number of benzene rings is 2. The van der Waals surface area contributed by atoms with Crippen molar-refractivity contribution < 1.29 is 4.79 Å². The van der Waals surface area contributed by atoms with Crippen LogP contribution in [0.1, 0.15) is 41.2 Å². The van der Waals surface area contributed by atoms with Crippen LogP contribution < -0.4 is 5.32 Å². The first-order valence-electron chi connectivity index (χ1n) is 10.2. The Bertz CT molecular complexity index is 907. The molecule has 0 radical (unpaired) electrons. The lowest BCUT2D eigenvalue weighted by Crippen LogP contribution is -2.40. The summed E-state index contributed by atoms with van der Waals surface area (Å²) in [6, 6.07) is 18.3. The lowest BCUT2D eigenvalue weighted by molar-refractivity contribution is 0.0924. The lowest BCUT2D eigenvalue weighted by atomic mass is 10.0. The first kappa shape index (κ1) is 19.3. The standard InChI is InChI=1S/C24H26N4O/c29-24(21-11-9-19(10-12-21)22-15-25-18-26-16-22)27-17-23(20-7-3-1-4-8-20)28-13-5-2-6-14-28/h1,3-4,7-12,15-16,18,23H,2,5-6,13-14,17H2,(H,27,29). The molecule has 1 unspecified atom stereocenters. The molecule has 29 heavy (non-hydrogen) atoms. The van der Waals surface area contributed by atoms with Gasteiger partial charge in [-0.15, -0.1) is 0 Å². The van der Waals surface area contributed by atoms with E-state index in [1.54, 1.807) is 12.4 Å². The second-order valence-corrected chi connectivity index (χ2v) is 7.44. The molecule has 1 saturated heterocycles. The second-order valence-electron chi connectivity index (χ2n) is 7.44. The Morgan fingerprint density at radius 3 is 2.28 bits per heavy atom. The Morgan fingerprint density at radius 1 is 0.897 bits per heavy atom. The molecule has 0 saturated carbocycles. The van der Waals surface area contributed by atoms with Gasteiger partial charge in [0.2, 0.25) is 0 Å². The molecule has 5 heteroatoms. The van der Waals surface area contributed by atoms with Gasteiger partial charge in [-0.05, 0) is 49.2 Å². The van der Waals surface area contributed by atoms with E-state index in [1.165, 1.54) is 31.2 Å². The predicted octanol–water partition coefficient (Wildman–Crippen LogP) is 4.10. The van der Waals surface area contributed by atoms with Crippen LogP contribution >= 0.6 is 0 Å². The van der Waals surface area contributed by atoms with Gasteiger partial charge in [-0.3, -0.25) is 9.69 Å². The number of nitrogens with one attached hydrogen (secondary N) is 1. The van der Waals surface area contributed by atoms with Crippen molar-refractivity contribution >= 4 is 5.91 Å². The van der Waals surface area contributed by atoms with Crippen LogP contribution in [-0.4, -0.2) is 40.4 Å². The van der Waals surface area contributed by atoms with Crippen molar-refractivity contribution in [2.24, 2.45) is 0 Å². The average Bonchev–Trinajstić information content (AvgIpc) is 2.81. The van der Waals surface area contributed by atoms with E-state index in [0.717, 1.165) is 24.2 Å². The van der Waals surface area contributed by atoms with E-state index >= 15 is 0 Å². The highest BCUT2D eigenvalue weighted by atomic mass is 16.1. The minimum absolute atomic E-state index is 0.0428. The van der Waals surface area contributed by atoms with Gasteiger partial charge in [-0.25, -0.2) is 9.97 Å². The number of rotatable bonds is 6. The fourth-order valence-electron chi connectivity index (χ4n) is 3.92. The summed E-state index contributed by atoms with van der Waals surface area (Å²) in [6.45, 7) is 2.78. The Morgan fingerprint density at radius 2 is 1.59 bits per heavy atom. The van der Waals surface area contributed by atoms with Crippen molar-refractivity contribution in [3.8, 4) is 11.1 Å². The van der Waals surface area contributed by atoms with Crippen molar-refractivity contribution in [1.82, 2.24) is 20.2 Å². The number of piperidine rings is 1. The zero-order valence-corrected chi connectivity index (χ0v) is 16.5. The summed E-state index contributed by atoms with van der Waals surface area (Å²) in [6.07, 6.45) is 8.79. The molecule has 0 bridgehead atoms. The molecule has 1 aliphatic rings. The third-order valence-electron chi connectivity index (χ3n) is 5.51. The van der Waals surface area contributed by atoms with Gasteiger partial charge in [0.05, 0.1) is 6.04 Å². The molecule has 1 aliphatic heterocycles. The molecule has 148 valence electrons. The van der Waals surface area contributed by atoms with Crippen molar-refractivity contribution in [1.29, 1.82) is 0 Å². The Balaban J connectivity index is 1.43. The first-order valence-corrected chi connectivity index (χ1v) is 10.2. The van der Waals surface area contributed by atoms with Crippen LogP contribution in [0.4, 0.5) is 0 Å². The van der Waals surface area contributed by atoms with Crippen molar-refractivity contribution in [2.45, 2.75) is 25.3 Å². The van der Waals surface area contributed by atoms with Gasteiger partial charge in [0.15, 0.2) is 0 Å². The SMILES string of the molecule is O=C(NCC(c1ccccc1)N1CCCCC1)c1ccc(-c2cncnc2)cc1. The number of nitrogens with zero attached hydrogens (tertiary/aromatic N) is 3. The topological polar surface area (TPSA) is 58.1 Å². The van der Waals surface area contributed by atoms with Crippen molar-refractivity contribution in [2.75, 3.05) is 19.6 Å². The Labute approximate surface area is 171 Å². The quantitative estimate of drug-likeness (QED) is 0.693. The molecule has 0 spiro atoms. The monoisotopic (exact) mass is 386 g/mol. The summed E-state index contributed by atoms with van der Waals surface area (Å²) in [4.78, 5) is 23.3. The van der Waals surface area contributed by atoms with Gasteiger partial charge in [-0.2, -0.15) is 0 Å². The number of hydrogen-bond acceptors (Lipinski definition) is 4. The first-order chi connectivity index (χ1) is 14.3. The molecule has 1 N–H and O–H groups in total. The van der Waals surface area contributed by atoms with Gasteiger partial charge in [-0.1, -0.05) is 48.9 Å². The van der Waals surface area contributed by atoms with Crippen LogP contribution in [0.2, 0.25) is 0 Å². The molecule has 1 atom stereocenters. The highest BCUT2D eigenvalue weighted by Crippen LogP contribution is 2.24.